The van der Waals surface area contributed by atoms with Gasteiger partial charge in [-0.25, -0.2) is 4.98 Å². The largest absolute Gasteiger partial charge is 0.438 e. The highest BCUT2D eigenvalue weighted by molar-refractivity contribution is 6.14. The van der Waals surface area contributed by atoms with Crippen molar-refractivity contribution in [3.63, 3.8) is 0 Å². The molecule has 5 rings (SSSR count). The highest BCUT2D eigenvalue weighted by atomic mass is 16.3. The molecule has 5 aromatic rings. The fourth-order valence-electron chi connectivity index (χ4n) is 3.39. The van der Waals surface area contributed by atoms with Gasteiger partial charge in [0.15, 0.2) is 6.39 Å². The van der Waals surface area contributed by atoms with Crippen LogP contribution >= 0.6 is 0 Å². The molecule has 0 unspecified atom stereocenters. The maximum absolute atomic E-state index is 12.9. The van der Waals surface area contributed by atoms with E-state index >= 15 is 0 Å². The van der Waals surface area contributed by atoms with Crippen LogP contribution in [0.25, 0.3) is 33.1 Å². The van der Waals surface area contributed by atoms with Gasteiger partial charge in [-0.05, 0) is 11.6 Å². The molecule has 7 heteroatoms. The minimum absolute atomic E-state index is 0.0233. The first-order valence-electron chi connectivity index (χ1n) is 8.64. The van der Waals surface area contributed by atoms with Gasteiger partial charge in [0.05, 0.1) is 17.2 Å². The number of rotatable bonds is 3. The number of carbonyl (C=O) groups is 1. The van der Waals surface area contributed by atoms with E-state index in [0.29, 0.717) is 11.1 Å². The van der Waals surface area contributed by atoms with Crippen LogP contribution in [0.15, 0.2) is 76.4 Å². The molecule has 0 spiro atoms. The summed E-state index contributed by atoms with van der Waals surface area (Å²) in [6.45, 7) is 0. The Kier molecular flexibility index (Phi) is 3.58. The Bertz CT molecular complexity index is 1370. The third-order valence-corrected chi connectivity index (χ3v) is 4.63. The summed E-state index contributed by atoms with van der Waals surface area (Å²) in [4.78, 5) is 35.5. The number of amides is 1. The standard InChI is InChI=1S/C21H14N4O3/c26-20(15-10-22-11-28-15)25-19-16(12-6-2-1-3-7-12)18-17(24-21(19)27)13-8-4-5-9-14(13)23-18/h1-11,23H,(H,24,27)(H,25,26). The second-order valence-corrected chi connectivity index (χ2v) is 6.31. The van der Waals surface area contributed by atoms with Crippen molar-refractivity contribution in [1.82, 2.24) is 15.0 Å². The first-order valence-corrected chi connectivity index (χ1v) is 8.64. The highest BCUT2D eigenvalue weighted by Crippen LogP contribution is 2.35. The summed E-state index contributed by atoms with van der Waals surface area (Å²) in [5.41, 5.74) is 3.48. The van der Waals surface area contributed by atoms with Gasteiger partial charge in [0.2, 0.25) is 5.76 Å². The molecule has 7 nitrogen and oxygen atoms in total. The third kappa shape index (κ3) is 2.49. The third-order valence-electron chi connectivity index (χ3n) is 4.63. The Morgan fingerprint density at radius 3 is 2.54 bits per heavy atom. The Morgan fingerprint density at radius 1 is 0.964 bits per heavy atom. The van der Waals surface area contributed by atoms with Crippen LogP contribution in [0, 0.1) is 0 Å². The molecule has 136 valence electrons. The average Bonchev–Trinajstić information content (AvgIpc) is 3.37. The zero-order valence-corrected chi connectivity index (χ0v) is 14.5. The quantitative estimate of drug-likeness (QED) is 0.448. The summed E-state index contributed by atoms with van der Waals surface area (Å²) in [7, 11) is 0. The second kappa shape index (κ2) is 6.24. The molecule has 0 saturated heterocycles. The van der Waals surface area contributed by atoms with Gasteiger partial charge in [0.1, 0.15) is 5.69 Å². The number of hydrogen-bond donors (Lipinski definition) is 3. The molecule has 3 heterocycles. The topological polar surface area (TPSA) is 104 Å². The van der Waals surface area contributed by atoms with E-state index in [1.165, 1.54) is 6.20 Å². The van der Waals surface area contributed by atoms with E-state index in [4.69, 9.17) is 4.42 Å². The first-order chi connectivity index (χ1) is 13.7. The molecular weight excluding hydrogens is 356 g/mol. The number of aromatic nitrogens is 3. The van der Waals surface area contributed by atoms with Crippen LogP contribution in [-0.2, 0) is 0 Å². The Hall–Kier alpha value is -4.13. The number of benzene rings is 2. The predicted molar refractivity (Wildman–Crippen MR) is 106 cm³/mol. The number of fused-ring (bicyclic) bond motifs is 3. The molecule has 0 bridgehead atoms. The Balaban J connectivity index is 1.81. The SMILES string of the molecule is O=C(Nc1c(-c2ccccc2)c2[nH]c3ccccc3c2[nH]c1=O)c1cnco1. The molecule has 2 aromatic carbocycles. The smallest absolute Gasteiger partial charge is 0.293 e. The number of H-pyrrole nitrogens is 2. The van der Waals surface area contributed by atoms with Crippen LogP contribution < -0.4 is 10.9 Å². The zero-order valence-electron chi connectivity index (χ0n) is 14.5. The van der Waals surface area contributed by atoms with Gasteiger partial charge in [-0.3, -0.25) is 9.59 Å². The molecule has 0 fully saturated rings. The summed E-state index contributed by atoms with van der Waals surface area (Å²) in [5, 5.41) is 3.58. The average molecular weight is 370 g/mol. The van der Waals surface area contributed by atoms with Crippen LogP contribution in [0.3, 0.4) is 0 Å². The molecular formula is C21H14N4O3. The lowest BCUT2D eigenvalue weighted by atomic mass is 10.0. The number of aromatic amines is 2. The van der Waals surface area contributed by atoms with Crippen molar-refractivity contribution in [2.75, 3.05) is 5.32 Å². The van der Waals surface area contributed by atoms with Crippen molar-refractivity contribution in [1.29, 1.82) is 0 Å². The summed E-state index contributed by atoms with van der Waals surface area (Å²) < 4.78 is 5.05. The molecule has 0 aliphatic heterocycles. The van der Waals surface area contributed by atoms with Crippen LogP contribution in [-0.4, -0.2) is 20.9 Å². The summed E-state index contributed by atoms with van der Waals surface area (Å²) >= 11 is 0. The number of oxazole rings is 1. The van der Waals surface area contributed by atoms with Gasteiger partial charge in [0, 0.05) is 16.5 Å². The normalized spacial score (nSPS) is 11.1. The molecule has 0 saturated carbocycles. The maximum atomic E-state index is 12.9. The molecule has 0 aliphatic carbocycles. The summed E-state index contributed by atoms with van der Waals surface area (Å²) in [6, 6.07) is 17.2. The number of nitrogens with zero attached hydrogens (tertiary/aromatic N) is 1. The number of anilines is 1. The Morgan fingerprint density at radius 2 is 1.75 bits per heavy atom. The van der Waals surface area contributed by atoms with Crippen molar-refractivity contribution < 1.29 is 9.21 Å². The van der Waals surface area contributed by atoms with E-state index in [1.54, 1.807) is 0 Å². The minimum atomic E-state index is -0.546. The van der Waals surface area contributed by atoms with Crippen LogP contribution in [0.5, 0.6) is 0 Å². The van der Waals surface area contributed by atoms with Crippen molar-refractivity contribution in [3.05, 3.63) is 83.3 Å². The number of carbonyl (C=O) groups excluding carboxylic acids is 1. The maximum Gasteiger partial charge on any atom is 0.293 e. The molecule has 0 aliphatic rings. The van der Waals surface area contributed by atoms with E-state index in [9.17, 15) is 9.59 Å². The van der Waals surface area contributed by atoms with Gasteiger partial charge in [-0.15, -0.1) is 0 Å². The molecule has 0 radical (unpaired) electrons. The molecule has 1 amide bonds. The van der Waals surface area contributed by atoms with E-state index in [2.05, 4.69) is 20.3 Å². The first kappa shape index (κ1) is 16.1. The monoisotopic (exact) mass is 370 g/mol. The van der Waals surface area contributed by atoms with E-state index in [-0.39, 0.29) is 11.4 Å². The van der Waals surface area contributed by atoms with E-state index in [1.807, 2.05) is 54.6 Å². The van der Waals surface area contributed by atoms with Crippen molar-refractivity contribution in [2.45, 2.75) is 0 Å². The number of pyridine rings is 1. The molecule has 0 atom stereocenters. The molecule has 28 heavy (non-hydrogen) atoms. The number of nitrogens with one attached hydrogen (secondary N) is 3. The van der Waals surface area contributed by atoms with Gasteiger partial charge in [0.25, 0.3) is 11.5 Å². The fourth-order valence-corrected chi connectivity index (χ4v) is 3.39. The fraction of sp³-hybridized carbons (Fsp3) is 0. The van der Waals surface area contributed by atoms with Crippen molar-refractivity contribution in [2.24, 2.45) is 0 Å². The van der Waals surface area contributed by atoms with Crippen LogP contribution in [0.2, 0.25) is 0 Å². The van der Waals surface area contributed by atoms with Crippen LogP contribution in [0.1, 0.15) is 10.6 Å². The summed E-state index contributed by atoms with van der Waals surface area (Å²) in [6.07, 6.45) is 2.46. The molecule has 3 N–H and O–H groups in total. The number of para-hydroxylation sites is 1. The molecule has 3 aromatic heterocycles. The van der Waals surface area contributed by atoms with Gasteiger partial charge in [-0.1, -0.05) is 48.5 Å². The van der Waals surface area contributed by atoms with E-state index < -0.39 is 11.5 Å². The van der Waals surface area contributed by atoms with Crippen LogP contribution in [0.4, 0.5) is 5.69 Å². The lowest BCUT2D eigenvalue weighted by Gasteiger charge is -2.11. The van der Waals surface area contributed by atoms with Crippen molar-refractivity contribution >= 4 is 33.5 Å². The zero-order chi connectivity index (χ0) is 19.1. The number of hydrogen-bond acceptors (Lipinski definition) is 4. The van der Waals surface area contributed by atoms with Gasteiger partial charge >= 0.3 is 0 Å². The Labute approximate surface area is 158 Å². The predicted octanol–water partition coefficient (Wildman–Crippen LogP) is 3.92. The highest BCUT2D eigenvalue weighted by Gasteiger charge is 2.21. The second-order valence-electron chi connectivity index (χ2n) is 6.31. The lowest BCUT2D eigenvalue weighted by Crippen LogP contribution is -2.20. The summed E-state index contributed by atoms with van der Waals surface area (Å²) in [5.74, 6) is -0.522. The van der Waals surface area contributed by atoms with E-state index in [0.717, 1.165) is 28.4 Å². The van der Waals surface area contributed by atoms with Crippen molar-refractivity contribution in [3.8, 4) is 11.1 Å². The van der Waals surface area contributed by atoms with Gasteiger partial charge in [-0.2, -0.15) is 0 Å². The van der Waals surface area contributed by atoms with Gasteiger partial charge < -0.3 is 19.7 Å². The minimum Gasteiger partial charge on any atom is -0.438 e. The lowest BCUT2D eigenvalue weighted by molar-refractivity contribution is 0.0996.